The molecule has 1 amide bonds. The van der Waals surface area contributed by atoms with E-state index in [0.29, 0.717) is 29.0 Å². The summed E-state index contributed by atoms with van der Waals surface area (Å²) in [4.78, 5) is 24.4. The molecule has 0 bridgehead atoms. The Morgan fingerprint density at radius 1 is 0.962 bits per heavy atom. The molecule has 6 heteroatoms. The van der Waals surface area contributed by atoms with Gasteiger partial charge in [0.25, 0.3) is 5.91 Å². The largest absolute Gasteiger partial charge is 0.425 e. The zero-order valence-corrected chi connectivity index (χ0v) is 14.3. The fourth-order valence-electron chi connectivity index (χ4n) is 3.13. The molecule has 4 rings (SSSR count). The standard InChI is InChI=1S/C20H21N3O3/c24-19(14-4-2-1-3-5-14)21-15-8-10-16(11-9-15)26-20(25)18-12-17(22-23-18)13-6-7-13/h1-5,8-11,13,17-18,22-23H,6-7,12H2,(H,21,24). The second kappa shape index (κ2) is 7.27. The van der Waals surface area contributed by atoms with Crippen LogP contribution in [0.3, 0.4) is 0 Å². The average Bonchev–Trinajstić information content (AvgIpc) is 3.40. The molecule has 0 spiro atoms. The van der Waals surface area contributed by atoms with Gasteiger partial charge in [-0.05, 0) is 61.6 Å². The average molecular weight is 351 g/mol. The van der Waals surface area contributed by atoms with Gasteiger partial charge >= 0.3 is 5.97 Å². The lowest BCUT2D eigenvalue weighted by Crippen LogP contribution is -2.39. The minimum Gasteiger partial charge on any atom is -0.425 e. The van der Waals surface area contributed by atoms with E-state index in [9.17, 15) is 9.59 Å². The first-order chi connectivity index (χ1) is 12.7. The molecule has 1 aliphatic heterocycles. The fourth-order valence-corrected chi connectivity index (χ4v) is 3.13. The number of esters is 1. The quantitative estimate of drug-likeness (QED) is 0.570. The highest BCUT2D eigenvalue weighted by molar-refractivity contribution is 6.04. The van der Waals surface area contributed by atoms with Crippen LogP contribution in [0.4, 0.5) is 5.69 Å². The number of hydrogen-bond donors (Lipinski definition) is 3. The molecule has 3 N–H and O–H groups in total. The van der Waals surface area contributed by atoms with E-state index in [1.807, 2.05) is 18.2 Å². The molecule has 1 saturated heterocycles. The van der Waals surface area contributed by atoms with Crippen LogP contribution in [0, 0.1) is 5.92 Å². The molecule has 134 valence electrons. The van der Waals surface area contributed by atoms with Crippen molar-refractivity contribution in [1.29, 1.82) is 0 Å². The molecule has 1 saturated carbocycles. The monoisotopic (exact) mass is 351 g/mol. The number of hydrogen-bond acceptors (Lipinski definition) is 5. The SMILES string of the molecule is O=C(Nc1ccc(OC(=O)C2CC(C3CC3)NN2)cc1)c1ccccc1. The van der Waals surface area contributed by atoms with Crippen LogP contribution in [-0.4, -0.2) is 24.0 Å². The molecule has 0 aromatic heterocycles. The zero-order chi connectivity index (χ0) is 17.9. The number of carbonyl (C=O) groups excluding carboxylic acids is 2. The third-order valence-corrected chi connectivity index (χ3v) is 4.77. The van der Waals surface area contributed by atoms with Gasteiger partial charge in [0.05, 0.1) is 0 Å². The maximum absolute atomic E-state index is 12.3. The summed E-state index contributed by atoms with van der Waals surface area (Å²) in [5.41, 5.74) is 7.44. The van der Waals surface area contributed by atoms with Crippen molar-refractivity contribution in [2.45, 2.75) is 31.3 Å². The van der Waals surface area contributed by atoms with Crippen molar-refractivity contribution >= 4 is 17.6 Å². The van der Waals surface area contributed by atoms with Crippen LogP contribution in [0.25, 0.3) is 0 Å². The Balaban J connectivity index is 1.31. The molecule has 1 heterocycles. The Bertz CT molecular complexity index is 788. The molecule has 2 unspecified atom stereocenters. The third-order valence-electron chi connectivity index (χ3n) is 4.77. The van der Waals surface area contributed by atoms with E-state index in [-0.39, 0.29) is 17.9 Å². The van der Waals surface area contributed by atoms with Gasteiger partial charge in [0, 0.05) is 17.3 Å². The summed E-state index contributed by atoms with van der Waals surface area (Å²) in [6, 6.07) is 15.8. The van der Waals surface area contributed by atoms with Gasteiger partial charge in [-0.2, -0.15) is 0 Å². The van der Waals surface area contributed by atoms with Gasteiger partial charge in [-0.15, -0.1) is 0 Å². The van der Waals surface area contributed by atoms with E-state index < -0.39 is 0 Å². The summed E-state index contributed by atoms with van der Waals surface area (Å²) in [5, 5.41) is 2.82. The Labute approximate surface area is 151 Å². The van der Waals surface area contributed by atoms with Crippen molar-refractivity contribution in [3.8, 4) is 5.75 Å². The Kier molecular flexibility index (Phi) is 4.69. The van der Waals surface area contributed by atoms with Crippen molar-refractivity contribution < 1.29 is 14.3 Å². The smallest absolute Gasteiger partial charge is 0.329 e. The molecule has 2 aromatic carbocycles. The number of anilines is 1. The van der Waals surface area contributed by atoms with Gasteiger partial charge in [0.1, 0.15) is 11.8 Å². The van der Waals surface area contributed by atoms with Gasteiger partial charge in [0.15, 0.2) is 0 Å². The summed E-state index contributed by atoms with van der Waals surface area (Å²) in [5.74, 6) is 0.682. The summed E-state index contributed by atoms with van der Waals surface area (Å²) in [7, 11) is 0. The summed E-state index contributed by atoms with van der Waals surface area (Å²) >= 11 is 0. The van der Waals surface area contributed by atoms with Crippen LogP contribution in [0.5, 0.6) is 5.75 Å². The maximum Gasteiger partial charge on any atom is 0.329 e. The van der Waals surface area contributed by atoms with Crippen molar-refractivity contribution in [3.63, 3.8) is 0 Å². The van der Waals surface area contributed by atoms with Gasteiger partial charge in [-0.1, -0.05) is 18.2 Å². The highest BCUT2D eigenvalue weighted by atomic mass is 16.5. The lowest BCUT2D eigenvalue weighted by molar-refractivity contribution is -0.136. The van der Waals surface area contributed by atoms with E-state index in [2.05, 4.69) is 16.2 Å². The number of amides is 1. The van der Waals surface area contributed by atoms with Crippen LogP contribution < -0.4 is 20.9 Å². The minimum absolute atomic E-state index is 0.178. The second-order valence-corrected chi connectivity index (χ2v) is 6.79. The Morgan fingerprint density at radius 2 is 1.69 bits per heavy atom. The van der Waals surface area contributed by atoms with Crippen molar-refractivity contribution in [2.24, 2.45) is 5.92 Å². The summed E-state index contributed by atoms with van der Waals surface area (Å²) in [6.45, 7) is 0. The number of ether oxygens (including phenoxy) is 1. The van der Waals surface area contributed by atoms with Gasteiger partial charge in [-0.3, -0.25) is 10.2 Å². The van der Waals surface area contributed by atoms with E-state index in [0.717, 1.165) is 6.42 Å². The van der Waals surface area contributed by atoms with E-state index in [1.165, 1.54) is 12.8 Å². The second-order valence-electron chi connectivity index (χ2n) is 6.79. The van der Waals surface area contributed by atoms with Crippen LogP contribution in [0.1, 0.15) is 29.6 Å². The van der Waals surface area contributed by atoms with Crippen LogP contribution in [0.15, 0.2) is 54.6 Å². The van der Waals surface area contributed by atoms with Gasteiger partial charge < -0.3 is 10.1 Å². The zero-order valence-electron chi connectivity index (χ0n) is 14.3. The van der Waals surface area contributed by atoms with Crippen LogP contribution >= 0.6 is 0 Å². The normalized spacial score (nSPS) is 22.0. The lowest BCUT2D eigenvalue weighted by atomic mass is 10.1. The molecule has 6 nitrogen and oxygen atoms in total. The Morgan fingerprint density at radius 3 is 2.38 bits per heavy atom. The van der Waals surface area contributed by atoms with E-state index in [1.54, 1.807) is 36.4 Å². The molecule has 2 aromatic rings. The van der Waals surface area contributed by atoms with Crippen molar-refractivity contribution in [2.75, 3.05) is 5.32 Å². The topological polar surface area (TPSA) is 79.5 Å². The maximum atomic E-state index is 12.3. The predicted octanol–water partition coefficient (Wildman–Crippen LogP) is 2.49. The minimum atomic E-state index is -0.321. The first kappa shape index (κ1) is 16.8. The van der Waals surface area contributed by atoms with Crippen LogP contribution in [0.2, 0.25) is 0 Å². The predicted molar refractivity (Wildman–Crippen MR) is 97.7 cm³/mol. The summed E-state index contributed by atoms with van der Waals surface area (Å²) in [6.07, 6.45) is 3.23. The Hall–Kier alpha value is -2.70. The fraction of sp³-hybridized carbons (Fsp3) is 0.300. The number of benzene rings is 2. The van der Waals surface area contributed by atoms with Crippen molar-refractivity contribution in [1.82, 2.24) is 10.9 Å². The third kappa shape index (κ3) is 3.92. The number of nitrogens with one attached hydrogen (secondary N) is 3. The first-order valence-electron chi connectivity index (χ1n) is 8.88. The van der Waals surface area contributed by atoms with Crippen LogP contribution in [-0.2, 0) is 4.79 Å². The molecular weight excluding hydrogens is 330 g/mol. The molecule has 2 atom stereocenters. The number of rotatable bonds is 5. The number of carbonyl (C=O) groups is 2. The van der Waals surface area contributed by atoms with E-state index in [4.69, 9.17) is 4.74 Å². The molecule has 0 radical (unpaired) electrons. The summed E-state index contributed by atoms with van der Waals surface area (Å²) < 4.78 is 5.44. The first-order valence-corrected chi connectivity index (χ1v) is 8.88. The number of hydrazine groups is 1. The molecule has 2 fully saturated rings. The molecule has 26 heavy (non-hydrogen) atoms. The highest BCUT2D eigenvalue weighted by Gasteiger charge is 2.39. The van der Waals surface area contributed by atoms with E-state index >= 15 is 0 Å². The molecule has 2 aliphatic rings. The molecule has 1 aliphatic carbocycles. The highest BCUT2D eigenvalue weighted by Crippen LogP contribution is 2.35. The van der Waals surface area contributed by atoms with Crippen molar-refractivity contribution in [3.05, 3.63) is 60.2 Å². The lowest BCUT2D eigenvalue weighted by Gasteiger charge is -2.10. The molecular formula is C20H21N3O3. The van der Waals surface area contributed by atoms with Gasteiger partial charge in [-0.25, -0.2) is 10.2 Å². The van der Waals surface area contributed by atoms with Gasteiger partial charge in [0.2, 0.25) is 0 Å².